The number of primary amides is 1. The molecular formula is C38H44F4N4O4Si. The number of nitrogens with two attached hydrogens (primary N) is 1. The van der Waals surface area contributed by atoms with E-state index in [1.165, 1.54) is 25.3 Å². The summed E-state index contributed by atoms with van der Waals surface area (Å²) < 4.78 is 80.7. The number of aromatic nitrogens is 2. The van der Waals surface area contributed by atoms with Gasteiger partial charge in [0, 0.05) is 30.0 Å². The maximum absolute atomic E-state index is 16.9. The SMILES string of the molecule is COCOc1cc(-c2c(F)cc3c(N4CCCC(C)(OC(N)=O)C4)nc(F)nc3c2F)c2c(C#C[Si](C(C)C)(C(C)C)C(C)C)c(F)ccc2c1. The third kappa shape index (κ3) is 7.21. The molecule has 1 aromatic heterocycles. The molecule has 3 aromatic carbocycles. The second-order valence-electron chi connectivity index (χ2n) is 14.3. The van der Waals surface area contributed by atoms with Gasteiger partial charge in [-0.2, -0.15) is 14.4 Å². The lowest BCUT2D eigenvalue weighted by Gasteiger charge is -2.40. The number of benzene rings is 3. The summed E-state index contributed by atoms with van der Waals surface area (Å²) in [4.78, 5) is 20.9. The van der Waals surface area contributed by atoms with E-state index in [-0.39, 0.29) is 63.4 Å². The van der Waals surface area contributed by atoms with E-state index in [4.69, 9.17) is 19.9 Å². The number of nitrogens with zero attached hydrogens (tertiary/aromatic N) is 3. The van der Waals surface area contributed by atoms with Gasteiger partial charge in [0.25, 0.3) is 0 Å². The zero-order valence-electron chi connectivity index (χ0n) is 30.2. The summed E-state index contributed by atoms with van der Waals surface area (Å²) >= 11 is 0. The van der Waals surface area contributed by atoms with Crippen LogP contribution in [0.4, 0.5) is 28.2 Å². The van der Waals surface area contributed by atoms with E-state index in [0.29, 0.717) is 24.8 Å². The van der Waals surface area contributed by atoms with Crippen LogP contribution in [0.2, 0.25) is 16.6 Å². The molecule has 0 radical (unpaired) electrons. The minimum absolute atomic E-state index is 0.00451. The topological polar surface area (TPSA) is 99.8 Å². The summed E-state index contributed by atoms with van der Waals surface area (Å²) in [5, 5.41) is 0.502. The summed E-state index contributed by atoms with van der Waals surface area (Å²) in [5.74, 6) is 0.449. The van der Waals surface area contributed by atoms with Gasteiger partial charge >= 0.3 is 12.2 Å². The number of piperidine rings is 1. The average molecular weight is 725 g/mol. The van der Waals surface area contributed by atoms with E-state index < -0.39 is 54.4 Å². The highest BCUT2D eigenvalue weighted by Gasteiger charge is 2.42. The number of halogens is 4. The largest absolute Gasteiger partial charge is 0.468 e. The van der Waals surface area contributed by atoms with Crippen molar-refractivity contribution < 1.29 is 36.6 Å². The summed E-state index contributed by atoms with van der Waals surface area (Å²) in [5.41, 5.74) is 7.41. The van der Waals surface area contributed by atoms with Crippen LogP contribution in [0.5, 0.6) is 5.75 Å². The molecule has 4 aromatic rings. The Hall–Kier alpha value is -4.41. The molecule has 1 aliphatic heterocycles. The third-order valence-electron chi connectivity index (χ3n) is 10.1. The zero-order chi connectivity index (χ0) is 37.4. The molecule has 1 aliphatic rings. The molecule has 0 aliphatic carbocycles. The molecule has 1 fully saturated rings. The fraction of sp³-hybridized carbons (Fsp3) is 0.447. The molecule has 2 heterocycles. The molecule has 5 rings (SSSR count). The smallest absolute Gasteiger partial charge is 0.405 e. The van der Waals surface area contributed by atoms with Gasteiger partial charge in [0.15, 0.2) is 12.6 Å². The highest BCUT2D eigenvalue weighted by molar-refractivity contribution is 6.90. The van der Waals surface area contributed by atoms with Gasteiger partial charge in [-0.25, -0.2) is 18.0 Å². The van der Waals surface area contributed by atoms with E-state index in [1.807, 2.05) is 0 Å². The van der Waals surface area contributed by atoms with Gasteiger partial charge in [-0.15, -0.1) is 5.54 Å². The van der Waals surface area contributed by atoms with Crippen molar-refractivity contribution in [2.75, 3.05) is 31.9 Å². The first-order valence-corrected chi connectivity index (χ1v) is 19.3. The highest BCUT2D eigenvalue weighted by atomic mass is 28.3. The average Bonchev–Trinajstić information content (AvgIpc) is 3.04. The van der Waals surface area contributed by atoms with Gasteiger partial charge < -0.3 is 24.8 Å². The number of carbonyl (C=O) groups excluding carboxylic acids is 1. The van der Waals surface area contributed by atoms with Crippen LogP contribution in [0.15, 0.2) is 30.3 Å². The molecule has 51 heavy (non-hydrogen) atoms. The molecule has 0 bridgehead atoms. The fourth-order valence-electron chi connectivity index (χ4n) is 7.90. The number of carbonyl (C=O) groups is 1. The molecular weight excluding hydrogens is 681 g/mol. The quantitative estimate of drug-likeness (QED) is 0.0605. The number of methoxy groups -OCH3 is 1. The van der Waals surface area contributed by atoms with Crippen molar-refractivity contribution in [3.63, 3.8) is 0 Å². The van der Waals surface area contributed by atoms with Crippen molar-refractivity contribution in [1.82, 2.24) is 9.97 Å². The van der Waals surface area contributed by atoms with Crippen molar-refractivity contribution in [3.8, 4) is 28.3 Å². The fourth-order valence-corrected chi connectivity index (χ4v) is 13.1. The van der Waals surface area contributed by atoms with Crippen molar-refractivity contribution >= 4 is 41.7 Å². The minimum atomic E-state index is -2.37. The number of fused-ring (bicyclic) bond motifs is 2. The predicted molar refractivity (Wildman–Crippen MR) is 193 cm³/mol. The number of anilines is 1. The second-order valence-corrected chi connectivity index (χ2v) is 19.9. The van der Waals surface area contributed by atoms with Gasteiger partial charge in [-0.1, -0.05) is 53.5 Å². The van der Waals surface area contributed by atoms with E-state index in [2.05, 4.69) is 63.0 Å². The van der Waals surface area contributed by atoms with Crippen LogP contribution in [0, 0.1) is 35.0 Å². The van der Waals surface area contributed by atoms with Gasteiger partial charge in [0.2, 0.25) is 0 Å². The van der Waals surface area contributed by atoms with Crippen LogP contribution < -0.4 is 15.4 Å². The van der Waals surface area contributed by atoms with Crippen LogP contribution in [-0.4, -0.2) is 56.7 Å². The van der Waals surface area contributed by atoms with Crippen molar-refractivity contribution in [2.45, 2.75) is 83.5 Å². The third-order valence-corrected chi connectivity index (χ3v) is 16.4. The molecule has 1 amide bonds. The molecule has 1 atom stereocenters. The number of ether oxygens (including phenoxy) is 3. The molecule has 272 valence electrons. The number of hydrogen-bond acceptors (Lipinski definition) is 7. The Labute approximate surface area is 296 Å². The molecule has 0 spiro atoms. The highest BCUT2D eigenvalue weighted by Crippen LogP contribution is 2.44. The van der Waals surface area contributed by atoms with Gasteiger partial charge in [0.05, 0.1) is 17.7 Å². The van der Waals surface area contributed by atoms with Gasteiger partial charge in [-0.3, -0.25) is 0 Å². The maximum Gasteiger partial charge on any atom is 0.405 e. The lowest BCUT2D eigenvalue weighted by molar-refractivity contribution is 0.0203. The molecule has 0 saturated carbocycles. The molecule has 1 saturated heterocycles. The normalized spacial score (nSPS) is 16.6. The summed E-state index contributed by atoms with van der Waals surface area (Å²) in [6, 6.07) is 6.83. The molecule has 2 N–H and O–H groups in total. The summed E-state index contributed by atoms with van der Waals surface area (Å²) in [6.07, 6.45) is -1.25. The van der Waals surface area contributed by atoms with Crippen LogP contribution in [-0.2, 0) is 9.47 Å². The van der Waals surface area contributed by atoms with Crippen molar-refractivity contribution in [1.29, 1.82) is 0 Å². The predicted octanol–water partition coefficient (Wildman–Crippen LogP) is 9.01. The number of amides is 1. The van der Waals surface area contributed by atoms with Crippen LogP contribution >= 0.6 is 0 Å². The number of hydrogen-bond donors (Lipinski definition) is 1. The first-order chi connectivity index (χ1) is 24.0. The Morgan fingerprint density at radius 2 is 1.71 bits per heavy atom. The van der Waals surface area contributed by atoms with Crippen LogP contribution in [0.25, 0.3) is 32.8 Å². The Kier molecular flexibility index (Phi) is 10.9. The Morgan fingerprint density at radius 3 is 2.33 bits per heavy atom. The van der Waals surface area contributed by atoms with Crippen molar-refractivity contribution in [2.24, 2.45) is 5.73 Å². The van der Waals surface area contributed by atoms with E-state index in [0.717, 1.165) is 6.07 Å². The van der Waals surface area contributed by atoms with E-state index >= 15 is 17.6 Å². The van der Waals surface area contributed by atoms with Gasteiger partial charge in [0.1, 0.15) is 42.4 Å². The van der Waals surface area contributed by atoms with Crippen LogP contribution in [0.3, 0.4) is 0 Å². The monoisotopic (exact) mass is 724 g/mol. The number of rotatable bonds is 9. The standard InChI is InChI=1S/C38H44F4N4O4Si/c1-21(2)51(22(3)4,23(5)6)15-12-26-29(39)11-10-24-16-25(49-20-48-8)17-27(31(24)26)32-30(40)18-28-34(33(32)41)44-36(42)45-35(28)46-14-9-13-38(7,19-46)50-37(43)47/h10-11,16-18,21-23H,9,13-14,19-20H2,1-8H3,(H2,43,47). The summed E-state index contributed by atoms with van der Waals surface area (Å²) in [6.45, 7) is 14.7. The molecule has 13 heteroatoms. The molecule has 8 nitrogen and oxygen atoms in total. The zero-order valence-corrected chi connectivity index (χ0v) is 31.2. The first-order valence-electron chi connectivity index (χ1n) is 17.0. The second kappa shape index (κ2) is 14.7. The Balaban J connectivity index is 1.80. The van der Waals surface area contributed by atoms with E-state index in [1.54, 1.807) is 17.9 Å². The van der Waals surface area contributed by atoms with Crippen LogP contribution in [0.1, 0.15) is 66.9 Å². The lowest BCUT2D eigenvalue weighted by atomic mass is 9.92. The first kappa shape index (κ1) is 37.8. The Bertz CT molecular complexity index is 2030. The van der Waals surface area contributed by atoms with E-state index in [9.17, 15) is 4.79 Å². The maximum atomic E-state index is 16.9. The van der Waals surface area contributed by atoms with Gasteiger partial charge in [-0.05, 0) is 66.0 Å². The minimum Gasteiger partial charge on any atom is -0.468 e. The molecule has 1 unspecified atom stereocenters. The summed E-state index contributed by atoms with van der Waals surface area (Å²) in [7, 11) is -0.938. The lowest BCUT2D eigenvalue weighted by Crippen LogP contribution is -2.50. The Morgan fingerprint density at radius 1 is 1.02 bits per heavy atom. The van der Waals surface area contributed by atoms with Crippen molar-refractivity contribution in [3.05, 3.63) is 59.4 Å².